The fraction of sp³-hybridized carbons (Fsp3) is 0.188. The highest BCUT2D eigenvalue weighted by molar-refractivity contribution is 5.83. The van der Waals surface area contributed by atoms with Crippen molar-refractivity contribution in [2.75, 3.05) is 0 Å². The average molecular weight is 287 g/mol. The number of aryl methyl sites for hydroxylation is 2. The van der Waals surface area contributed by atoms with Crippen LogP contribution in [-0.4, -0.2) is 9.55 Å². The van der Waals surface area contributed by atoms with E-state index in [0.29, 0.717) is 17.9 Å². The van der Waals surface area contributed by atoms with Gasteiger partial charge in [0.15, 0.2) is 0 Å². The summed E-state index contributed by atoms with van der Waals surface area (Å²) in [5.41, 5.74) is 8.90. The van der Waals surface area contributed by atoms with Crippen LogP contribution in [0.3, 0.4) is 0 Å². The van der Waals surface area contributed by atoms with Crippen molar-refractivity contribution in [3.05, 3.63) is 53.1 Å². The first-order valence-corrected chi connectivity index (χ1v) is 6.63. The number of nitrogens with two attached hydrogens (primary N) is 1. The van der Waals surface area contributed by atoms with Crippen LogP contribution in [0.4, 0.5) is 8.78 Å². The summed E-state index contributed by atoms with van der Waals surface area (Å²) < 4.78 is 29.3. The smallest absolute Gasteiger partial charge is 0.143 e. The van der Waals surface area contributed by atoms with Gasteiger partial charge >= 0.3 is 0 Å². The molecule has 108 valence electrons. The first-order chi connectivity index (χ1) is 10.0. The molecule has 3 aromatic rings. The molecule has 0 radical (unpaired) electrons. The minimum absolute atomic E-state index is 0.288. The highest BCUT2D eigenvalue weighted by Crippen LogP contribution is 2.29. The average Bonchev–Trinajstić information content (AvgIpc) is 2.80. The van der Waals surface area contributed by atoms with Crippen molar-refractivity contribution >= 4 is 11.0 Å². The Morgan fingerprint density at radius 2 is 1.95 bits per heavy atom. The van der Waals surface area contributed by atoms with Crippen LogP contribution in [-0.2, 0) is 13.6 Å². The summed E-state index contributed by atoms with van der Waals surface area (Å²) in [6, 6.07) is 8.06. The van der Waals surface area contributed by atoms with Crippen molar-refractivity contribution in [3.63, 3.8) is 0 Å². The molecule has 1 heterocycles. The van der Waals surface area contributed by atoms with Gasteiger partial charge < -0.3 is 10.3 Å². The van der Waals surface area contributed by atoms with E-state index in [-0.39, 0.29) is 5.56 Å². The normalized spacial score (nSPS) is 11.3. The Hall–Kier alpha value is -2.27. The molecule has 3 rings (SSSR count). The van der Waals surface area contributed by atoms with Crippen molar-refractivity contribution in [2.45, 2.75) is 13.5 Å². The predicted molar refractivity (Wildman–Crippen MR) is 78.7 cm³/mol. The molecule has 0 fully saturated rings. The number of halogens is 2. The molecule has 21 heavy (non-hydrogen) atoms. The molecule has 0 atom stereocenters. The number of rotatable bonds is 2. The highest BCUT2D eigenvalue weighted by Gasteiger charge is 2.17. The molecule has 0 saturated carbocycles. The quantitative estimate of drug-likeness (QED) is 0.786. The number of nitrogens with zero attached hydrogens (tertiary/aromatic N) is 2. The van der Waals surface area contributed by atoms with Gasteiger partial charge in [-0.25, -0.2) is 13.8 Å². The molecule has 0 bridgehead atoms. The van der Waals surface area contributed by atoms with Gasteiger partial charge in [-0.3, -0.25) is 0 Å². The van der Waals surface area contributed by atoms with E-state index in [1.165, 1.54) is 6.07 Å². The lowest BCUT2D eigenvalue weighted by Gasteiger charge is -2.06. The standard InChI is InChI=1S/C16H15F2N3/c1-9-6-11(13(18)7-12(9)17)16-20-15-10(8-19)4-3-5-14(15)21(16)2/h3-7H,8,19H2,1-2H3. The van der Waals surface area contributed by atoms with Crippen LogP contribution in [0.25, 0.3) is 22.4 Å². The second-order valence-corrected chi connectivity index (χ2v) is 5.06. The van der Waals surface area contributed by atoms with Crippen LogP contribution in [0.15, 0.2) is 30.3 Å². The third-order valence-electron chi connectivity index (χ3n) is 3.70. The van der Waals surface area contributed by atoms with Gasteiger partial charge in [-0.1, -0.05) is 12.1 Å². The summed E-state index contributed by atoms with van der Waals surface area (Å²) >= 11 is 0. The van der Waals surface area contributed by atoms with Gasteiger partial charge in [-0.05, 0) is 30.2 Å². The molecule has 3 nitrogen and oxygen atoms in total. The Morgan fingerprint density at radius 3 is 2.67 bits per heavy atom. The minimum Gasteiger partial charge on any atom is -0.327 e. The van der Waals surface area contributed by atoms with Gasteiger partial charge in [0.2, 0.25) is 0 Å². The third kappa shape index (κ3) is 2.10. The van der Waals surface area contributed by atoms with E-state index in [9.17, 15) is 8.78 Å². The topological polar surface area (TPSA) is 43.8 Å². The summed E-state index contributed by atoms with van der Waals surface area (Å²) in [7, 11) is 1.81. The Morgan fingerprint density at radius 1 is 1.19 bits per heavy atom. The number of hydrogen-bond acceptors (Lipinski definition) is 2. The molecule has 0 amide bonds. The van der Waals surface area contributed by atoms with E-state index in [1.54, 1.807) is 11.5 Å². The van der Waals surface area contributed by atoms with Crippen LogP contribution in [0, 0.1) is 18.6 Å². The summed E-state index contributed by atoms with van der Waals surface area (Å²) in [5, 5.41) is 0. The Bertz CT molecular complexity index is 837. The zero-order chi connectivity index (χ0) is 15.1. The zero-order valence-corrected chi connectivity index (χ0v) is 11.8. The number of benzene rings is 2. The van der Waals surface area contributed by atoms with E-state index in [2.05, 4.69) is 4.98 Å². The van der Waals surface area contributed by atoms with Gasteiger partial charge in [-0.2, -0.15) is 0 Å². The molecule has 0 saturated heterocycles. The largest absolute Gasteiger partial charge is 0.327 e. The molecule has 2 aromatic carbocycles. The summed E-state index contributed by atoms with van der Waals surface area (Å²) in [4.78, 5) is 4.51. The van der Waals surface area contributed by atoms with Gasteiger partial charge in [0.25, 0.3) is 0 Å². The fourth-order valence-corrected chi connectivity index (χ4v) is 2.51. The van der Waals surface area contributed by atoms with E-state index in [1.807, 2.05) is 25.2 Å². The highest BCUT2D eigenvalue weighted by atomic mass is 19.1. The van der Waals surface area contributed by atoms with Gasteiger partial charge in [-0.15, -0.1) is 0 Å². The molecule has 0 spiro atoms. The molecular weight excluding hydrogens is 272 g/mol. The number of fused-ring (bicyclic) bond motifs is 1. The Balaban J connectivity index is 2.31. The zero-order valence-electron chi connectivity index (χ0n) is 11.8. The first kappa shape index (κ1) is 13.7. The van der Waals surface area contributed by atoms with Crippen molar-refractivity contribution < 1.29 is 8.78 Å². The van der Waals surface area contributed by atoms with E-state index >= 15 is 0 Å². The van der Waals surface area contributed by atoms with Crippen LogP contribution in [0.2, 0.25) is 0 Å². The van der Waals surface area contributed by atoms with Crippen LogP contribution >= 0.6 is 0 Å². The monoisotopic (exact) mass is 287 g/mol. The molecule has 0 aliphatic rings. The van der Waals surface area contributed by atoms with Gasteiger partial charge in [0, 0.05) is 19.7 Å². The second kappa shape index (κ2) is 4.93. The van der Waals surface area contributed by atoms with Gasteiger partial charge in [0.05, 0.1) is 16.6 Å². The maximum absolute atomic E-state index is 14.1. The van der Waals surface area contributed by atoms with Crippen LogP contribution < -0.4 is 5.73 Å². The van der Waals surface area contributed by atoms with E-state index < -0.39 is 11.6 Å². The summed E-state index contributed by atoms with van der Waals surface area (Å²) in [6.07, 6.45) is 0. The van der Waals surface area contributed by atoms with E-state index in [4.69, 9.17) is 5.73 Å². The fourth-order valence-electron chi connectivity index (χ4n) is 2.51. The molecule has 5 heteroatoms. The second-order valence-electron chi connectivity index (χ2n) is 5.06. The van der Waals surface area contributed by atoms with Crippen LogP contribution in [0.5, 0.6) is 0 Å². The van der Waals surface area contributed by atoms with Crippen molar-refractivity contribution in [1.29, 1.82) is 0 Å². The molecule has 2 N–H and O–H groups in total. The Kier molecular flexibility index (Phi) is 3.22. The predicted octanol–water partition coefficient (Wildman–Crippen LogP) is 3.29. The maximum atomic E-state index is 14.1. The summed E-state index contributed by atoms with van der Waals surface area (Å²) in [6.45, 7) is 1.96. The number of aromatic nitrogens is 2. The number of hydrogen-bond donors (Lipinski definition) is 1. The Labute approximate surface area is 121 Å². The molecule has 1 aromatic heterocycles. The minimum atomic E-state index is -0.620. The van der Waals surface area contributed by atoms with Crippen molar-refractivity contribution in [1.82, 2.24) is 9.55 Å². The van der Waals surface area contributed by atoms with Crippen LogP contribution in [0.1, 0.15) is 11.1 Å². The lowest BCUT2D eigenvalue weighted by atomic mass is 10.1. The molecular formula is C16H15F2N3. The SMILES string of the molecule is Cc1cc(-c2nc3c(CN)cccc3n2C)c(F)cc1F. The molecule has 0 aliphatic heterocycles. The summed E-state index contributed by atoms with van der Waals surface area (Å²) in [5.74, 6) is -0.713. The molecule has 0 aliphatic carbocycles. The third-order valence-corrected chi connectivity index (χ3v) is 3.70. The van der Waals surface area contributed by atoms with Crippen molar-refractivity contribution in [3.8, 4) is 11.4 Å². The maximum Gasteiger partial charge on any atom is 0.143 e. The lowest BCUT2D eigenvalue weighted by molar-refractivity contribution is 0.578. The number of para-hydroxylation sites is 1. The first-order valence-electron chi connectivity index (χ1n) is 6.63. The van der Waals surface area contributed by atoms with Gasteiger partial charge in [0.1, 0.15) is 17.5 Å². The van der Waals surface area contributed by atoms with Crippen molar-refractivity contribution in [2.24, 2.45) is 12.8 Å². The lowest BCUT2D eigenvalue weighted by Crippen LogP contribution is -1.97. The number of imidazole rings is 1. The van der Waals surface area contributed by atoms with E-state index in [0.717, 1.165) is 22.7 Å². The molecule has 0 unspecified atom stereocenters.